The highest BCUT2D eigenvalue weighted by Gasteiger charge is 2.08. The molecule has 0 aliphatic heterocycles. The third-order valence-corrected chi connectivity index (χ3v) is 3.90. The first-order valence-corrected chi connectivity index (χ1v) is 9.39. The maximum absolute atomic E-state index is 11.3. The molecule has 3 amide bonds. The lowest BCUT2D eigenvalue weighted by Gasteiger charge is -2.13. The molecule has 0 spiro atoms. The minimum atomic E-state index is -0.356. The van der Waals surface area contributed by atoms with Crippen molar-refractivity contribution >= 4 is 18.4 Å². The Morgan fingerprint density at radius 3 is 2.19 bits per heavy atom. The molecule has 26 heavy (non-hydrogen) atoms. The Kier molecular flexibility index (Phi) is 16.6. The molecule has 0 bridgehead atoms. The summed E-state index contributed by atoms with van der Waals surface area (Å²) in [6.07, 6.45) is 14.4. The molecule has 0 radical (unpaired) electrons. The molecule has 0 rings (SSSR count). The van der Waals surface area contributed by atoms with Crippen LogP contribution in [0.3, 0.4) is 0 Å². The molecule has 0 aliphatic rings. The lowest BCUT2D eigenvalue weighted by atomic mass is 10.1. The molecule has 0 atom stereocenters. The van der Waals surface area contributed by atoms with Crippen LogP contribution in [0, 0.1) is 0 Å². The van der Waals surface area contributed by atoms with Gasteiger partial charge in [0.2, 0.25) is 6.41 Å². The van der Waals surface area contributed by atoms with Crippen LogP contribution in [-0.4, -0.2) is 57.2 Å². The van der Waals surface area contributed by atoms with Crippen molar-refractivity contribution in [1.82, 2.24) is 10.2 Å². The van der Waals surface area contributed by atoms with Crippen LogP contribution in [0.2, 0.25) is 0 Å². The van der Waals surface area contributed by atoms with E-state index in [1.165, 1.54) is 33.4 Å². The minimum absolute atomic E-state index is 0.0419. The predicted molar refractivity (Wildman–Crippen MR) is 101 cm³/mol. The summed E-state index contributed by atoms with van der Waals surface area (Å²) in [5, 5.41) is 2.44. The second kappa shape index (κ2) is 17.9. The van der Waals surface area contributed by atoms with Gasteiger partial charge in [-0.2, -0.15) is 0 Å². The van der Waals surface area contributed by atoms with Crippen molar-refractivity contribution in [2.75, 3.05) is 33.9 Å². The fraction of sp³-hybridized carbons (Fsp3) is 0.737. The lowest BCUT2D eigenvalue weighted by molar-refractivity contribution is -0.145. The van der Waals surface area contributed by atoms with Crippen molar-refractivity contribution in [2.24, 2.45) is 0 Å². The molecular weight excluding hydrogens is 336 g/mol. The van der Waals surface area contributed by atoms with E-state index in [4.69, 9.17) is 4.74 Å². The highest BCUT2D eigenvalue weighted by molar-refractivity contribution is 5.84. The van der Waals surface area contributed by atoms with Crippen LogP contribution in [0.5, 0.6) is 0 Å². The van der Waals surface area contributed by atoms with E-state index in [1.807, 2.05) is 0 Å². The number of imide groups is 1. The number of carbonyl (C=O) groups excluding carboxylic acids is 3. The molecule has 7 heteroatoms. The van der Waals surface area contributed by atoms with Gasteiger partial charge in [0.1, 0.15) is 6.61 Å². The van der Waals surface area contributed by atoms with E-state index in [0.717, 1.165) is 43.4 Å². The van der Waals surface area contributed by atoms with E-state index in [2.05, 4.69) is 22.2 Å². The summed E-state index contributed by atoms with van der Waals surface area (Å²) in [4.78, 5) is 34.0. The average molecular weight is 370 g/mol. The quantitative estimate of drug-likeness (QED) is 0.195. The second-order valence-electron chi connectivity index (χ2n) is 6.01. The maximum atomic E-state index is 11.3. The summed E-state index contributed by atoms with van der Waals surface area (Å²) in [6, 6.07) is -0.356. The van der Waals surface area contributed by atoms with Gasteiger partial charge >= 0.3 is 12.0 Å². The first-order chi connectivity index (χ1) is 12.7. The van der Waals surface area contributed by atoms with Crippen molar-refractivity contribution in [3.8, 4) is 0 Å². The maximum Gasteiger partial charge on any atom is 0.331 e. The Labute approximate surface area is 157 Å². The lowest BCUT2D eigenvalue weighted by Crippen LogP contribution is -2.37. The summed E-state index contributed by atoms with van der Waals surface area (Å²) >= 11 is 0. The van der Waals surface area contributed by atoms with E-state index in [9.17, 15) is 14.4 Å². The number of rotatable bonds is 16. The molecule has 0 aromatic rings. The molecule has 0 heterocycles. The highest BCUT2D eigenvalue weighted by Crippen LogP contribution is 2.07. The number of nitrogens with zero attached hydrogens (tertiary/aromatic N) is 1. The van der Waals surface area contributed by atoms with Crippen molar-refractivity contribution in [1.29, 1.82) is 0 Å². The van der Waals surface area contributed by atoms with Gasteiger partial charge in [-0.3, -0.25) is 9.69 Å². The number of esters is 1. The molecular formula is C19H34N2O5. The zero-order valence-electron chi connectivity index (χ0n) is 16.2. The monoisotopic (exact) mass is 370 g/mol. The Morgan fingerprint density at radius 1 is 0.962 bits per heavy atom. The molecule has 0 unspecified atom stereocenters. The number of amides is 3. The zero-order valence-corrected chi connectivity index (χ0v) is 16.2. The molecule has 0 saturated carbocycles. The van der Waals surface area contributed by atoms with Gasteiger partial charge in [0.15, 0.2) is 0 Å². The molecule has 0 fully saturated rings. The van der Waals surface area contributed by atoms with E-state index >= 15 is 0 Å². The number of methoxy groups -OCH3 is 1. The SMILES string of the molecule is CNC(=O)N(C=O)CCCC/C=C\CCCCCCCOCC(=O)OC. The smallest absolute Gasteiger partial charge is 0.331 e. The summed E-state index contributed by atoms with van der Waals surface area (Å²) in [6.45, 7) is 1.11. The minimum Gasteiger partial charge on any atom is -0.467 e. The summed E-state index contributed by atoms with van der Waals surface area (Å²) < 4.78 is 9.68. The molecule has 150 valence electrons. The van der Waals surface area contributed by atoms with E-state index < -0.39 is 0 Å². The molecule has 1 N–H and O–H groups in total. The van der Waals surface area contributed by atoms with Crippen LogP contribution in [-0.2, 0) is 19.1 Å². The van der Waals surface area contributed by atoms with Gasteiger partial charge in [0.05, 0.1) is 7.11 Å². The zero-order chi connectivity index (χ0) is 19.5. The van der Waals surface area contributed by atoms with Crippen molar-refractivity contribution in [3.63, 3.8) is 0 Å². The van der Waals surface area contributed by atoms with Crippen LogP contribution < -0.4 is 5.32 Å². The number of hydrogen-bond acceptors (Lipinski definition) is 5. The van der Waals surface area contributed by atoms with Crippen LogP contribution in [0.1, 0.15) is 57.8 Å². The third kappa shape index (κ3) is 14.5. The molecule has 0 saturated heterocycles. The highest BCUT2D eigenvalue weighted by atomic mass is 16.6. The number of carbonyl (C=O) groups is 3. The molecule has 0 aliphatic carbocycles. The summed E-state index contributed by atoms with van der Waals surface area (Å²) in [5.74, 6) is -0.329. The predicted octanol–water partition coefficient (Wildman–Crippen LogP) is 3.04. The number of ether oxygens (including phenoxy) is 2. The first-order valence-electron chi connectivity index (χ1n) is 9.39. The molecule has 7 nitrogen and oxygen atoms in total. The van der Waals surface area contributed by atoms with Crippen molar-refractivity contribution in [2.45, 2.75) is 57.8 Å². The third-order valence-electron chi connectivity index (χ3n) is 3.90. The van der Waals surface area contributed by atoms with Gasteiger partial charge in [-0.15, -0.1) is 0 Å². The number of unbranched alkanes of at least 4 members (excludes halogenated alkanes) is 7. The van der Waals surface area contributed by atoms with Crippen LogP contribution in [0.25, 0.3) is 0 Å². The van der Waals surface area contributed by atoms with E-state index in [0.29, 0.717) is 19.6 Å². The summed E-state index contributed by atoms with van der Waals surface area (Å²) in [7, 11) is 2.87. The fourth-order valence-electron chi connectivity index (χ4n) is 2.34. The normalized spacial score (nSPS) is 10.7. The van der Waals surface area contributed by atoms with Gasteiger partial charge in [-0.25, -0.2) is 9.59 Å². The van der Waals surface area contributed by atoms with Gasteiger partial charge in [-0.05, 0) is 38.5 Å². The Hall–Kier alpha value is -1.89. The van der Waals surface area contributed by atoms with Crippen LogP contribution in [0.4, 0.5) is 4.79 Å². The number of hydrogen-bond donors (Lipinski definition) is 1. The fourth-order valence-corrected chi connectivity index (χ4v) is 2.34. The van der Waals surface area contributed by atoms with Gasteiger partial charge in [0, 0.05) is 20.2 Å². The van der Waals surface area contributed by atoms with E-state index in [1.54, 1.807) is 0 Å². The number of urea groups is 1. The van der Waals surface area contributed by atoms with Crippen molar-refractivity contribution in [3.05, 3.63) is 12.2 Å². The number of allylic oxidation sites excluding steroid dienone is 2. The average Bonchev–Trinajstić information content (AvgIpc) is 2.66. The van der Waals surface area contributed by atoms with Crippen LogP contribution in [0.15, 0.2) is 12.2 Å². The number of nitrogens with one attached hydrogen (secondary N) is 1. The van der Waals surface area contributed by atoms with Crippen LogP contribution >= 0.6 is 0 Å². The summed E-state index contributed by atoms with van der Waals surface area (Å²) in [5.41, 5.74) is 0. The van der Waals surface area contributed by atoms with Gasteiger partial charge in [0.25, 0.3) is 0 Å². The van der Waals surface area contributed by atoms with Gasteiger partial charge < -0.3 is 14.8 Å². The Bertz CT molecular complexity index is 413. The first kappa shape index (κ1) is 24.1. The standard InChI is InChI=1S/C19H34N2O5/c1-20-19(24)21(17-22)14-12-10-8-6-4-3-5-7-9-11-13-15-26-16-18(23)25-2/h4,6,17H,3,5,7-16H2,1-2H3,(H,20,24)/b6-4-. The van der Waals surface area contributed by atoms with E-state index in [-0.39, 0.29) is 18.6 Å². The second-order valence-corrected chi connectivity index (χ2v) is 6.01. The van der Waals surface area contributed by atoms with Crippen molar-refractivity contribution < 1.29 is 23.9 Å². The molecule has 0 aromatic carbocycles. The Morgan fingerprint density at radius 2 is 1.58 bits per heavy atom. The largest absolute Gasteiger partial charge is 0.467 e. The Balaban J connectivity index is 3.35. The molecule has 0 aromatic heterocycles. The topological polar surface area (TPSA) is 84.9 Å². The van der Waals surface area contributed by atoms with Gasteiger partial charge in [-0.1, -0.05) is 31.4 Å².